The summed E-state index contributed by atoms with van der Waals surface area (Å²) >= 11 is 0. The van der Waals surface area contributed by atoms with E-state index in [0.717, 1.165) is 5.56 Å². The molecule has 0 heterocycles. The normalized spacial score (nSPS) is 13.2. The highest BCUT2D eigenvalue weighted by Gasteiger charge is 2.36. The summed E-state index contributed by atoms with van der Waals surface area (Å²) in [6.07, 6.45) is 0.680. The number of nitrogens with one attached hydrogen (secondary N) is 2. The molecule has 9 nitrogen and oxygen atoms in total. The minimum Gasteiger partial charge on any atom is -0.444 e. The van der Waals surface area contributed by atoms with Crippen molar-refractivity contribution in [2.24, 2.45) is 5.73 Å². The average Bonchev–Trinajstić information content (AvgIpc) is 2.71. The number of likely N-dealkylation sites (N-methyl/N-ethyl adjacent to an activating group) is 1. The molecular formula is C26H40N4O5. The number of ether oxygens (including phenoxy) is 1. The first kappa shape index (κ1) is 29.7. The van der Waals surface area contributed by atoms with Gasteiger partial charge in [0.1, 0.15) is 17.7 Å². The van der Waals surface area contributed by atoms with Gasteiger partial charge >= 0.3 is 6.09 Å². The van der Waals surface area contributed by atoms with E-state index in [2.05, 4.69) is 17.2 Å². The van der Waals surface area contributed by atoms with Gasteiger partial charge in [-0.05, 0) is 72.1 Å². The fourth-order valence-corrected chi connectivity index (χ4v) is 3.43. The second kappa shape index (κ2) is 12.4. The van der Waals surface area contributed by atoms with Crippen LogP contribution in [0.15, 0.2) is 30.8 Å². The van der Waals surface area contributed by atoms with Crippen LogP contribution in [-0.2, 0) is 19.1 Å². The molecule has 0 fully saturated rings. The van der Waals surface area contributed by atoms with Gasteiger partial charge in [-0.1, -0.05) is 30.9 Å². The summed E-state index contributed by atoms with van der Waals surface area (Å²) in [5.41, 5.74) is 5.34. The molecule has 194 valence electrons. The molecule has 35 heavy (non-hydrogen) atoms. The van der Waals surface area contributed by atoms with Crippen molar-refractivity contribution in [3.8, 4) is 0 Å². The van der Waals surface area contributed by atoms with E-state index in [9.17, 15) is 19.2 Å². The Morgan fingerprint density at radius 3 is 2.26 bits per heavy atom. The zero-order valence-corrected chi connectivity index (χ0v) is 21.9. The molecule has 0 aromatic heterocycles. The van der Waals surface area contributed by atoms with Gasteiger partial charge < -0.3 is 26.0 Å². The average molecular weight is 489 g/mol. The molecule has 1 rings (SSSR count). The number of alkyl carbamates (subject to hydrolysis) is 1. The molecule has 0 saturated heterocycles. The zero-order valence-electron chi connectivity index (χ0n) is 21.9. The van der Waals surface area contributed by atoms with Gasteiger partial charge in [-0.3, -0.25) is 14.4 Å². The zero-order chi connectivity index (χ0) is 27.0. The van der Waals surface area contributed by atoms with E-state index >= 15 is 0 Å². The number of nitrogens with two attached hydrogens (primary N) is 1. The number of carbonyl (C=O) groups excluding carboxylic acids is 4. The van der Waals surface area contributed by atoms with E-state index < -0.39 is 41.1 Å². The lowest BCUT2D eigenvalue weighted by atomic mass is 9.98. The summed E-state index contributed by atoms with van der Waals surface area (Å²) < 4.78 is 5.30. The smallest absolute Gasteiger partial charge is 0.408 e. The van der Waals surface area contributed by atoms with Gasteiger partial charge in [-0.25, -0.2) is 4.79 Å². The molecule has 1 aromatic rings. The van der Waals surface area contributed by atoms with Gasteiger partial charge in [-0.2, -0.15) is 0 Å². The van der Waals surface area contributed by atoms with Crippen LogP contribution in [-0.4, -0.2) is 52.4 Å². The van der Waals surface area contributed by atoms with Crippen LogP contribution in [0.4, 0.5) is 4.79 Å². The van der Waals surface area contributed by atoms with Crippen LogP contribution in [0.1, 0.15) is 78.5 Å². The van der Waals surface area contributed by atoms with Crippen molar-refractivity contribution in [1.82, 2.24) is 15.5 Å². The van der Waals surface area contributed by atoms with Crippen molar-refractivity contribution in [3.63, 3.8) is 0 Å². The van der Waals surface area contributed by atoms with Gasteiger partial charge in [0.05, 0.1) is 0 Å². The second-order valence-corrected chi connectivity index (χ2v) is 10.3. The topological polar surface area (TPSA) is 131 Å². The molecule has 2 unspecified atom stereocenters. The highest BCUT2D eigenvalue weighted by molar-refractivity contribution is 5.92. The number of primary amides is 1. The van der Waals surface area contributed by atoms with Crippen LogP contribution >= 0.6 is 0 Å². The Morgan fingerprint density at radius 2 is 1.77 bits per heavy atom. The summed E-state index contributed by atoms with van der Waals surface area (Å²) in [6.45, 7) is 16.3. The van der Waals surface area contributed by atoms with Gasteiger partial charge in [-0.15, -0.1) is 0 Å². The summed E-state index contributed by atoms with van der Waals surface area (Å²) in [4.78, 5) is 52.5. The van der Waals surface area contributed by atoms with Crippen molar-refractivity contribution in [2.75, 3.05) is 6.54 Å². The minimum atomic E-state index is -1.12. The molecule has 1 aromatic carbocycles. The lowest BCUT2D eigenvalue weighted by Gasteiger charge is -2.35. The van der Waals surface area contributed by atoms with Crippen LogP contribution in [0, 0.1) is 0 Å². The highest BCUT2D eigenvalue weighted by atomic mass is 16.6. The molecule has 0 radical (unpaired) electrons. The molecule has 4 amide bonds. The van der Waals surface area contributed by atoms with E-state index in [1.54, 1.807) is 52.0 Å². The summed E-state index contributed by atoms with van der Waals surface area (Å²) in [5.74, 6) is -1.52. The first-order valence-electron chi connectivity index (χ1n) is 11.7. The van der Waals surface area contributed by atoms with E-state index in [-0.39, 0.29) is 25.3 Å². The Balaban J connectivity index is 3.45. The summed E-state index contributed by atoms with van der Waals surface area (Å²) in [5, 5.41) is 5.49. The third kappa shape index (κ3) is 10.2. The molecule has 4 N–H and O–H groups in total. The lowest BCUT2D eigenvalue weighted by molar-refractivity contribution is -0.143. The number of nitrogens with zero attached hydrogens (tertiary/aromatic N) is 1. The van der Waals surface area contributed by atoms with Gasteiger partial charge in [0, 0.05) is 18.5 Å². The SMILES string of the molecule is C=Cc1cccc(C(C(=O)NC(C)(C)C)N(CC)C(=O)C(CCC(N)=O)NC(=O)OC(C)(C)C)c1. The van der Waals surface area contributed by atoms with E-state index in [4.69, 9.17) is 10.5 Å². The number of hydrogen-bond donors (Lipinski definition) is 3. The quantitative estimate of drug-likeness (QED) is 0.465. The van der Waals surface area contributed by atoms with Gasteiger partial charge in [0.25, 0.3) is 0 Å². The molecule has 0 bridgehead atoms. The molecule has 2 atom stereocenters. The Bertz CT molecular complexity index is 930. The maximum Gasteiger partial charge on any atom is 0.408 e. The Morgan fingerprint density at radius 1 is 1.14 bits per heavy atom. The van der Waals surface area contributed by atoms with Crippen molar-refractivity contribution in [3.05, 3.63) is 42.0 Å². The van der Waals surface area contributed by atoms with Crippen LogP contribution in [0.3, 0.4) is 0 Å². The Kier molecular flexibility index (Phi) is 10.5. The largest absolute Gasteiger partial charge is 0.444 e. The maximum absolute atomic E-state index is 13.7. The van der Waals surface area contributed by atoms with Crippen LogP contribution in [0.5, 0.6) is 0 Å². The lowest BCUT2D eigenvalue weighted by Crippen LogP contribution is -2.54. The highest BCUT2D eigenvalue weighted by Crippen LogP contribution is 2.25. The summed E-state index contributed by atoms with van der Waals surface area (Å²) in [7, 11) is 0. The van der Waals surface area contributed by atoms with E-state index in [1.165, 1.54) is 4.90 Å². The molecule has 0 aliphatic rings. The molecule has 9 heteroatoms. The minimum absolute atomic E-state index is 0.0375. The predicted octanol–water partition coefficient (Wildman–Crippen LogP) is 3.29. The maximum atomic E-state index is 13.7. The second-order valence-electron chi connectivity index (χ2n) is 10.3. The molecular weight excluding hydrogens is 448 g/mol. The van der Waals surface area contributed by atoms with E-state index in [1.807, 2.05) is 26.8 Å². The van der Waals surface area contributed by atoms with Crippen LogP contribution in [0.2, 0.25) is 0 Å². The molecule has 0 aliphatic heterocycles. The fourth-order valence-electron chi connectivity index (χ4n) is 3.43. The third-order valence-electron chi connectivity index (χ3n) is 4.81. The monoisotopic (exact) mass is 488 g/mol. The predicted molar refractivity (Wildman–Crippen MR) is 136 cm³/mol. The number of hydrogen-bond acceptors (Lipinski definition) is 5. The third-order valence-corrected chi connectivity index (χ3v) is 4.81. The van der Waals surface area contributed by atoms with Crippen molar-refractivity contribution in [1.29, 1.82) is 0 Å². The molecule has 0 aliphatic carbocycles. The number of amides is 4. The fraction of sp³-hybridized carbons (Fsp3) is 0.538. The standard InChI is InChI=1S/C26H40N4O5/c1-9-17-12-11-13-18(16-17)21(22(32)29-25(3,4)5)30(10-2)23(33)19(14-15-20(27)31)28-24(34)35-26(6,7)8/h9,11-13,16,19,21H,1,10,14-15H2,2-8H3,(H2,27,31)(H,28,34)(H,29,32). The summed E-state index contributed by atoms with van der Waals surface area (Å²) in [6, 6.07) is 5.07. The first-order valence-corrected chi connectivity index (χ1v) is 11.7. The van der Waals surface area contributed by atoms with Gasteiger partial charge in [0.2, 0.25) is 17.7 Å². The molecule has 0 spiro atoms. The number of carbonyl (C=O) groups is 4. The number of benzene rings is 1. The van der Waals surface area contributed by atoms with Crippen LogP contribution < -0.4 is 16.4 Å². The van der Waals surface area contributed by atoms with E-state index in [0.29, 0.717) is 5.56 Å². The Hall–Kier alpha value is -3.36. The first-order chi connectivity index (χ1) is 16.1. The van der Waals surface area contributed by atoms with Crippen molar-refractivity contribution >= 4 is 29.9 Å². The van der Waals surface area contributed by atoms with Crippen molar-refractivity contribution < 1.29 is 23.9 Å². The molecule has 0 saturated carbocycles. The Labute approximate surface area is 208 Å². The van der Waals surface area contributed by atoms with Crippen molar-refractivity contribution in [2.45, 2.75) is 84.5 Å². The van der Waals surface area contributed by atoms with Gasteiger partial charge in [0.15, 0.2) is 0 Å². The number of rotatable bonds is 10. The van der Waals surface area contributed by atoms with Crippen LogP contribution in [0.25, 0.3) is 6.08 Å².